The number of morpholine rings is 1. The van der Waals surface area contributed by atoms with Gasteiger partial charge in [0.15, 0.2) is 0 Å². The van der Waals surface area contributed by atoms with E-state index < -0.39 is 0 Å². The molecule has 88 valence electrons. The number of carbonyl (C=O) groups is 1. The van der Waals surface area contributed by atoms with E-state index in [9.17, 15) is 4.79 Å². The summed E-state index contributed by atoms with van der Waals surface area (Å²) in [5, 5.41) is 0. The molecule has 1 aliphatic rings. The Morgan fingerprint density at radius 2 is 2.20 bits per heavy atom. The lowest BCUT2D eigenvalue weighted by molar-refractivity contribution is -0.124. The molecule has 0 aromatic carbocycles. The molecule has 1 aliphatic heterocycles. The molecular formula is C12H23NO2. The van der Waals surface area contributed by atoms with E-state index in [1.54, 1.807) is 0 Å². The van der Waals surface area contributed by atoms with Crippen LogP contribution in [0.5, 0.6) is 0 Å². The van der Waals surface area contributed by atoms with Crippen molar-refractivity contribution in [2.75, 3.05) is 19.7 Å². The molecule has 15 heavy (non-hydrogen) atoms. The third-order valence-corrected chi connectivity index (χ3v) is 2.96. The van der Waals surface area contributed by atoms with Crippen LogP contribution in [0.4, 0.5) is 0 Å². The lowest BCUT2D eigenvalue weighted by Gasteiger charge is -2.37. The summed E-state index contributed by atoms with van der Waals surface area (Å²) in [5.41, 5.74) is 0. The third-order valence-electron chi connectivity index (χ3n) is 2.96. The summed E-state index contributed by atoms with van der Waals surface area (Å²) in [6, 6.07) is 0.432. The first-order valence-corrected chi connectivity index (χ1v) is 6.04. The van der Waals surface area contributed by atoms with E-state index >= 15 is 0 Å². The van der Waals surface area contributed by atoms with Crippen molar-refractivity contribution in [1.29, 1.82) is 0 Å². The van der Waals surface area contributed by atoms with Gasteiger partial charge >= 0.3 is 0 Å². The summed E-state index contributed by atoms with van der Waals surface area (Å²) in [5.74, 6) is 0.366. The first kappa shape index (κ1) is 12.7. The molecule has 1 rings (SSSR count). The number of ether oxygens (including phenoxy) is 1. The van der Waals surface area contributed by atoms with E-state index in [1.807, 2.05) is 0 Å². The third kappa shape index (κ3) is 3.92. The van der Waals surface area contributed by atoms with Crippen molar-refractivity contribution in [2.45, 2.75) is 52.2 Å². The summed E-state index contributed by atoms with van der Waals surface area (Å²) in [7, 11) is 0. The molecular weight excluding hydrogens is 190 g/mol. The van der Waals surface area contributed by atoms with E-state index in [0.29, 0.717) is 24.8 Å². The fourth-order valence-corrected chi connectivity index (χ4v) is 2.07. The van der Waals surface area contributed by atoms with Crippen LogP contribution in [0.1, 0.15) is 40.0 Å². The number of rotatable bonds is 5. The van der Waals surface area contributed by atoms with E-state index in [1.165, 1.54) is 0 Å². The highest BCUT2D eigenvalue weighted by Gasteiger charge is 2.26. The van der Waals surface area contributed by atoms with Crippen LogP contribution in [0.2, 0.25) is 0 Å². The van der Waals surface area contributed by atoms with Crippen LogP contribution in [0.25, 0.3) is 0 Å². The van der Waals surface area contributed by atoms with Gasteiger partial charge in [-0.05, 0) is 19.8 Å². The minimum absolute atomic E-state index is 0.266. The quantitative estimate of drug-likeness (QED) is 0.698. The van der Waals surface area contributed by atoms with E-state index in [4.69, 9.17) is 4.74 Å². The Hall–Kier alpha value is -0.410. The molecule has 0 saturated carbocycles. The predicted octanol–water partition coefficient (Wildman–Crippen LogP) is 1.85. The van der Waals surface area contributed by atoms with Gasteiger partial charge in [0.2, 0.25) is 0 Å². The molecule has 2 unspecified atom stereocenters. The molecule has 0 amide bonds. The molecule has 0 spiro atoms. The molecule has 1 saturated heterocycles. The smallest absolute Gasteiger partial charge is 0.146 e. The van der Waals surface area contributed by atoms with E-state index in [2.05, 4.69) is 25.7 Å². The number of nitrogens with zero attached hydrogens (tertiary/aromatic N) is 1. The van der Waals surface area contributed by atoms with Crippen LogP contribution < -0.4 is 0 Å². The first-order chi connectivity index (χ1) is 7.17. The van der Waals surface area contributed by atoms with Crippen molar-refractivity contribution in [3.8, 4) is 0 Å². The van der Waals surface area contributed by atoms with E-state index in [0.717, 1.165) is 26.0 Å². The molecule has 3 nitrogen and oxygen atoms in total. The first-order valence-electron chi connectivity index (χ1n) is 6.04. The average molecular weight is 213 g/mol. The number of carbonyl (C=O) groups excluding carboxylic acids is 1. The topological polar surface area (TPSA) is 29.5 Å². The summed E-state index contributed by atoms with van der Waals surface area (Å²) < 4.78 is 5.60. The summed E-state index contributed by atoms with van der Waals surface area (Å²) in [6.07, 6.45) is 2.99. The van der Waals surface area contributed by atoms with E-state index in [-0.39, 0.29) is 6.10 Å². The van der Waals surface area contributed by atoms with Gasteiger partial charge in [0, 0.05) is 19.0 Å². The van der Waals surface area contributed by atoms with Gasteiger partial charge in [-0.25, -0.2) is 0 Å². The summed E-state index contributed by atoms with van der Waals surface area (Å²) in [6.45, 7) is 8.56. The molecule has 0 radical (unpaired) electrons. The SMILES string of the molecule is CCCC(=O)CN1CC(C)OCC1CC. The van der Waals surface area contributed by atoms with Crippen molar-refractivity contribution in [2.24, 2.45) is 0 Å². The molecule has 3 heteroatoms. The standard InChI is InChI=1S/C12H23NO2/c1-4-6-12(14)8-13-7-10(3)15-9-11(13)5-2/h10-11H,4-9H2,1-3H3. The number of ketones is 1. The Labute approximate surface area is 92.8 Å². The molecule has 0 bridgehead atoms. The van der Waals surface area contributed by atoms with Gasteiger partial charge in [-0.1, -0.05) is 13.8 Å². The monoisotopic (exact) mass is 213 g/mol. The van der Waals surface area contributed by atoms with Crippen LogP contribution in [0, 0.1) is 0 Å². The van der Waals surface area contributed by atoms with Crippen LogP contribution in [0.15, 0.2) is 0 Å². The molecule has 1 fully saturated rings. The molecule has 0 N–H and O–H groups in total. The average Bonchev–Trinajstić information content (AvgIpc) is 2.18. The van der Waals surface area contributed by atoms with Crippen molar-refractivity contribution in [3.63, 3.8) is 0 Å². The number of hydrogen-bond acceptors (Lipinski definition) is 3. The van der Waals surface area contributed by atoms with Gasteiger partial charge in [0.1, 0.15) is 5.78 Å². The van der Waals surface area contributed by atoms with Gasteiger partial charge < -0.3 is 4.74 Å². The number of hydrogen-bond donors (Lipinski definition) is 0. The number of Topliss-reactive ketones (excluding diaryl/α,β-unsaturated/α-hetero) is 1. The Bertz CT molecular complexity index is 206. The van der Waals surface area contributed by atoms with Gasteiger partial charge in [-0.3, -0.25) is 9.69 Å². The molecule has 0 aromatic heterocycles. The van der Waals surface area contributed by atoms with Gasteiger partial charge in [0.05, 0.1) is 19.3 Å². The fourth-order valence-electron chi connectivity index (χ4n) is 2.07. The second-order valence-corrected chi connectivity index (χ2v) is 4.42. The second kappa shape index (κ2) is 6.23. The highest BCUT2D eigenvalue weighted by atomic mass is 16.5. The normalized spacial score (nSPS) is 27.9. The maximum atomic E-state index is 11.6. The molecule has 0 aromatic rings. The molecule has 0 aliphatic carbocycles. The zero-order valence-corrected chi connectivity index (χ0v) is 10.2. The Kier molecular flexibility index (Phi) is 5.26. The van der Waals surface area contributed by atoms with Gasteiger partial charge in [0.25, 0.3) is 0 Å². The summed E-state index contributed by atoms with van der Waals surface area (Å²) >= 11 is 0. The summed E-state index contributed by atoms with van der Waals surface area (Å²) in [4.78, 5) is 13.9. The fraction of sp³-hybridized carbons (Fsp3) is 0.917. The van der Waals surface area contributed by atoms with Crippen LogP contribution >= 0.6 is 0 Å². The van der Waals surface area contributed by atoms with Gasteiger partial charge in [-0.15, -0.1) is 0 Å². The Balaban J connectivity index is 2.44. The van der Waals surface area contributed by atoms with Gasteiger partial charge in [-0.2, -0.15) is 0 Å². The van der Waals surface area contributed by atoms with Crippen molar-refractivity contribution in [1.82, 2.24) is 4.90 Å². The highest BCUT2D eigenvalue weighted by molar-refractivity contribution is 5.80. The predicted molar refractivity (Wildman–Crippen MR) is 61.0 cm³/mol. The van der Waals surface area contributed by atoms with Crippen LogP contribution in [-0.2, 0) is 9.53 Å². The zero-order chi connectivity index (χ0) is 11.3. The van der Waals surface area contributed by atoms with Crippen molar-refractivity contribution >= 4 is 5.78 Å². The van der Waals surface area contributed by atoms with Crippen molar-refractivity contribution < 1.29 is 9.53 Å². The van der Waals surface area contributed by atoms with Crippen LogP contribution in [-0.4, -0.2) is 42.5 Å². The van der Waals surface area contributed by atoms with Crippen molar-refractivity contribution in [3.05, 3.63) is 0 Å². The maximum Gasteiger partial charge on any atom is 0.146 e. The molecule has 2 atom stereocenters. The second-order valence-electron chi connectivity index (χ2n) is 4.42. The molecule has 1 heterocycles. The Morgan fingerprint density at radius 1 is 1.47 bits per heavy atom. The van der Waals surface area contributed by atoms with Crippen LogP contribution in [0.3, 0.4) is 0 Å². The minimum atomic E-state index is 0.266. The highest BCUT2D eigenvalue weighted by Crippen LogP contribution is 2.14. The minimum Gasteiger partial charge on any atom is -0.376 e. The zero-order valence-electron chi connectivity index (χ0n) is 10.2. The largest absolute Gasteiger partial charge is 0.376 e. The maximum absolute atomic E-state index is 11.6. The lowest BCUT2D eigenvalue weighted by Crippen LogP contribution is -2.50. The Morgan fingerprint density at radius 3 is 2.80 bits per heavy atom. The lowest BCUT2D eigenvalue weighted by atomic mass is 10.1.